The predicted molar refractivity (Wildman–Crippen MR) is 129 cm³/mol. The summed E-state index contributed by atoms with van der Waals surface area (Å²) in [7, 11) is 0. The second-order valence-electron chi connectivity index (χ2n) is 7.81. The van der Waals surface area contributed by atoms with Crippen molar-refractivity contribution in [2.75, 3.05) is 11.9 Å². The van der Waals surface area contributed by atoms with Crippen LogP contribution in [0.4, 0.5) is 5.00 Å². The summed E-state index contributed by atoms with van der Waals surface area (Å²) >= 11 is 0.925. The van der Waals surface area contributed by atoms with Crippen LogP contribution in [0.1, 0.15) is 54.0 Å². The van der Waals surface area contributed by atoms with Gasteiger partial charge in [0, 0.05) is 6.42 Å². The highest BCUT2D eigenvalue weighted by atomic mass is 32.1. The van der Waals surface area contributed by atoms with Crippen LogP contribution in [0.25, 0.3) is 0 Å². The summed E-state index contributed by atoms with van der Waals surface area (Å²) in [6, 6.07) is 16.3. The third-order valence-corrected chi connectivity index (χ3v) is 6.86. The number of rotatable bonds is 7. The third-order valence-electron chi connectivity index (χ3n) is 5.67. The van der Waals surface area contributed by atoms with Gasteiger partial charge in [0.15, 0.2) is 0 Å². The average molecular weight is 488 g/mol. The fourth-order valence-electron chi connectivity index (χ4n) is 3.95. The van der Waals surface area contributed by atoms with Gasteiger partial charge in [-0.15, -0.1) is 11.3 Å². The number of anilines is 1. The maximum atomic E-state index is 13.6. The zero-order valence-corrected chi connectivity index (χ0v) is 19.8. The number of nitrogens with zero attached hydrogens (tertiary/aromatic N) is 2. The zero-order valence-electron chi connectivity index (χ0n) is 19.0. The van der Waals surface area contributed by atoms with Gasteiger partial charge in [-0.25, -0.2) is 4.79 Å². The molecule has 0 spiro atoms. The van der Waals surface area contributed by atoms with Crippen LogP contribution in [-0.4, -0.2) is 41.2 Å². The lowest BCUT2D eigenvalue weighted by molar-refractivity contribution is -0.119. The van der Waals surface area contributed by atoms with E-state index in [0.29, 0.717) is 5.56 Å². The summed E-state index contributed by atoms with van der Waals surface area (Å²) in [6.07, 6.45) is 0.0785. The van der Waals surface area contributed by atoms with Crippen LogP contribution in [0.5, 0.6) is 0 Å². The molecule has 3 amide bonds. The fraction of sp³-hybridized carbons (Fsp3) is 0.192. The molecule has 176 valence electrons. The van der Waals surface area contributed by atoms with Crippen LogP contribution in [0.15, 0.2) is 54.6 Å². The van der Waals surface area contributed by atoms with Crippen molar-refractivity contribution in [3.05, 3.63) is 87.3 Å². The van der Waals surface area contributed by atoms with E-state index < -0.39 is 29.7 Å². The lowest BCUT2D eigenvalue weighted by atomic mass is 10.0. The second-order valence-corrected chi connectivity index (χ2v) is 8.83. The van der Waals surface area contributed by atoms with Crippen molar-refractivity contribution in [2.45, 2.75) is 26.3 Å². The molecule has 1 aliphatic rings. The van der Waals surface area contributed by atoms with E-state index in [2.05, 4.69) is 5.32 Å². The normalized spacial score (nSPS) is 13.2. The van der Waals surface area contributed by atoms with Crippen molar-refractivity contribution in [1.29, 1.82) is 5.26 Å². The molecule has 35 heavy (non-hydrogen) atoms. The van der Waals surface area contributed by atoms with Gasteiger partial charge in [-0.3, -0.25) is 19.3 Å². The van der Waals surface area contributed by atoms with E-state index in [4.69, 9.17) is 4.74 Å². The van der Waals surface area contributed by atoms with Gasteiger partial charge >= 0.3 is 5.97 Å². The number of ether oxygens (including phenoxy) is 1. The Labute approximate surface area is 205 Å². The minimum Gasteiger partial charge on any atom is -0.462 e. The van der Waals surface area contributed by atoms with E-state index in [0.717, 1.165) is 21.8 Å². The van der Waals surface area contributed by atoms with Crippen LogP contribution in [0, 0.1) is 18.3 Å². The predicted octanol–water partition coefficient (Wildman–Crippen LogP) is 3.95. The number of nitrogens with one attached hydrogen (secondary N) is 1. The van der Waals surface area contributed by atoms with Crippen molar-refractivity contribution in [1.82, 2.24) is 4.90 Å². The molecule has 0 aliphatic carbocycles. The fourth-order valence-corrected chi connectivity index (χ4v) is 5.01. The summed E-state index contributed by atoms with van der Waals surface area (Å²) in [4.78, 5) is 53.3. The molecular formula is C26H21N3O5S. The number of imide groups is 1. The molecule has 0 saturated heterocycles. The van der Waals surface area contributed by atoms with Gasteiger partial charge in [-0.05, 0) is 37.1 Å². The molecule has 0 bridgehead atoms. The molecule has 0 radical (unpaired) electrons. The van der Waals surface area contributed by atoms with E-state index >= 15 is 0 Å². The highest BCUT2D eigenvalue weighted by Gasteiger charge is 2.43. The first-order chi connectivity index (χ1) is 16.9. The summed E-state index contributed by atoms with van der Waals surface area (Å²) in [6.45, 7) is 3.44. The zero-order chi connectivity index (χ0) is 25.1. The largest absolute Gasteiger partial charge is 0.462 e. The number of carbonyl (C=O) groups is 4. The van der Waals surface area contributed by atoms with Crippen LogP contribution in [0.2, 0.25) is 0 Å². The molecule has 1 N–H and O–H groups in total. The third kappa shape index (κ3) is 4.44. The van der Waals surface area contributed by atoms with Crippen LogP contribution in [0.3, 0.4) is 0 Å². The number of esters is 1. The smallest absolute Gasteiger partial charge is 0.348 e. The van der Waals surface area contributed by atoms with E-state index in [-0.39, 0.29) is 39.6 Å². The molecule has 9 heteroatoms. The highest BCUT2D eigenvalue weighted by Crippen LogP contribution is 2.34. The number of fused-ring (bicyclic) bond motifs is 1. The number of nitriles is 1. The molecule has 0 saturated carbocycles. The first-order valence-electron chi connectivity index (χ1n) is 10.9. The van der Waals surface area contributed by atoms with Gasteiger partial charge in [0.05, 0.1) is 23.3 Å². The molecular weight excluding hydrogens is 466 g/mol. The molecule has 4 rings (SSSR count). The number of hydrogen-bond donors (Lipinski definition) is 1. The number of hydrogen-bond acceptors (Lipinski definition) is 7. The summed E-state index contributed by atoms with van der Waals surface area (Å²) in [5.74, 6) is -2.35. The van der Waals surface area contributed by atoms with Crippen LogP contribution in [-0.2, 0) is 16.0 Å². The Kier molecular flexibility index (Phi) is 6.75. The monoisotopic (exact) mass is 487 g/mol. The topological polar surface area (TPSA) is 117 Å². The number of carbonyl (C=O) groups excluding carboxylic acids is 4. The Balaban J connectivity index is 1.70. The van der Waals surface area contributed by atoms with Gasteiger partial charge in [0.2, 0.25) is 5.91 Å². The molecule has 2 aromatic carbocycles. The number of thiophene rings is 1. The number of benzene rings is 2. The molecule has 1 atom stereocenters. The Hall–Kier alpha value is -4.29. The van der Waals surface area contributed by atoms with E-state index in [1.54, 1.807) is 62.4 Å². The molecule has 2 heterocycles. The second kappa shape index (κ2) is 9.91. The lowest BCUT2D eigenvalue weighted by Gasteiger charge is -2.25. The molecule has 8 nitrogen and oxygen atoms in total. The minimum atomic E-state index is -1.18. The summed E-state index contributed by atoms with van der Waals surface area (Å²) < 4.78 is 5.05. The molecule has 1 unspecified atom stereocenters. The van der Waals surface area contributed by atoms with Crippen molar-refractivity contribution in [2.24, 2.45) is 0 Å². The lowest BCUT2D eigenvalue weighted by Crippen LogP contribution is -2.48. The standard InChI is InChI=1S/C26H21N3O5S/c1-3-34-26(33)21-15(2)19(14-27)23(35-21)28-22(30)20(13-16-9-5-4-6-10-16)29-24(31)17-11-7-8-12-18(17)25(29)32/h4-12,20H,3,13H2,1-2H3,(H,28,30). The van der Waals surface area contributed by atoms with Crippen molar-refractivity contribution in [3.63, 3.8) is 0 Å². The molecule has 0 fully saturated rings. The maximum Gasteiger partial charge on any atom is 0.348 e. The Morgan fingerprint density at radius 2 is 1.66 bits per heavy atom. The first kappa shape index (κ1) is 23.9. The average Bonchev–Trinajstić information content (AvgIpc) is 3.31. The molecule has 3 aromatic rings. The van der Waals surface area contributed by atoms with E-state index in [9.17, 15) is 24.4 Å². The van der Waals surface area contributed by atoms with E-state index in [1.165, 1.54) is 0 Å². The Morgan fingerprint density at radius 3 is 2.23 bits per heavy atom. The van der Waals surface area contributed by atoms with Crippen LogP contribution >= 0.6 is 11.3 Å². The van der Waals surface area contributed by atoms with Gasteiger partial charge < -0.3 is 10.1 Å². The maximum absolute atomic E-state index is 13.6. The summed E-state index contributed by atoms with van der Waals surface area (Å²) in [5.41, 5.74) is 1.74. The Morgan fingerprint density at radius 1 is 1.06 bits per heavy atom. The van der Waals surface area contributed by atoms with Gasteiger partial charge in [-0.1, -0.05) is 42.5 Å². The van der Waals surface area contributed by atoms with Gasteiger partial charge in [0.25, 0.3) is 11.8 Å². The van der Waals surface area contributed by atoms with Crippen molar-refractivity contribution >= 4 is 40.0 Å². The molecule has 1 aliphatic heterocycles. The van der Waals surface area contributed by atoms with E-state index in [1.807, 2.05) is 12.1 Å². The van der Waals surface area contributed by atoms with Crippen LogP contribution < -0.4 is 5.32 Å². The van der Waals surface area contributed by atoms with Gasteiger partial charge in [0.1, 0.15) is 22.0 Å². The minimum absolute atomic E-state index is 0.0785. The number of amides is 3. The van der Waals surface area contributed by atoms with Crippen molar-refractivity contribution < 1.29 is 23.9 Å². The quantitative estimate of drug-likeness (QED) is 0.398. The first-order valence-corrected chi connectivity index (χ1v) is 11.7. The summed E-state index contributed by atoms with van der Waals surface area (Å²) in [5, 5.41) is 12.5. The molecule has 1 aromatic heterocycles. The highest BCUT2D eigenvalue weighted by molar-refractivity contribution is 7.18. The van der Waals surface area contributed by atoms with Gasteiger partial charge in [-0.2, -0.15) is 5.26 Å². The Bertz CT molecular complexity index is 1340. The van der Waals surface area contributed by atoms with Crippen molar-refractivity contribution in [3.8, 4) is 6.07 Å². The SMILES string of the molecule is CCOC(=O)c1sc(NC(=O)C(Cc2ccccc2)N2C(=O)c3ccccc3C2=O)c(C#N)c1C.